The second-order valence-electron chi connectivity index (χ2n) is 5.43. The van der Waals surface area contributed by atoms with Crippen LogP contribution < -0.4 is 5.73 Å². The Bertz CT molecular complexity index is 588. The van der Waals surface area contributed by atoms with Gasteiger partial charge in [-0.05, 0) is 29.2 Å². The predicted molar refractivity (Wildman–Crippen MR) is 91.9 cm³/mol. The molecule has 0 aliphatic heterocycles. The Morgan fingerprint density at radius 1 is 1.05 bits per heavy atom. The molecule has 2 aromatic rings. The summed E-state index contributed by atoms with van der Waals surface area (Å²) in [6.07, 6.45) is 0. The summed E-state index contributed by atoms with van der Waals surface area (Å²) in [6.45, 7) is 4.30. The van der Waals surface area contributed by atoms with Crippen LogP contribution in [0.4, 0.5) is 5.69 Å². The Morgan fingerprint density at radius 3 is 2.24 bits per heavy atom. The fraction of sp³-hybridized carbons (Fsp3) is 0.278. The zero-order valence-corrected chi connectivity index (χ0v) is 13.3. The van der Waals surface area contributed by atoms with Crippen molar-refractivity contribution in [1.82, 2.24) is 0 Å². The Morgan fingerprint density at radius 2 is 1.67 bits per heavy atom. The lowest BCUT2D eigenvalue weighted by Gasteiger charge is -2.06. The van der Waals surface area contributed by atoms with Crippen LogP contribution in [0.1, 0.15) is 41.3 Å². The van der Waals surface area contributed by atoms with Crippen LogP contribution in [-0.4, -0.2) is 11.5 Å². The van der Waals surface area contributed by atoms with Crippen molar-refractivity contribution in [3.8, 4) is 0 Å². The highest BCUT2D eigenvalue weighted by molar-refractivity contribution is 7.99. The summed E-state index contributed by atoms with van der Waals surface area (Å²) in [5.74, 6) is 2.02. The van der Waals surface area contributed by atoms with Gasteiger partial charge in [-0.2, -0.15) is 0 Å². The first kappa shape index (κ1) is 15.6. The molecule has 2 N–H and O–H groups in total. The summed E-state index contributed by atoms with van der Waals surface area (Å²) in [4.78, 5) is 12.1. The summed E-state index contributed by atoms with van der Waals surface area (Å²) in [5.41, 5.74) is 9.67. The van der Waals surface area contributed by atoms with E-state index >= 15 is 0 Å². The first-order valence-electron chi connectivity index (χ1n) is 7.11. The van der Waals surface area contributed by atoms with Crippen molar-refractivity contribution < 1.29 is 4.79 Å². The normalized spacial score (nSPS) is 10.8. The number of rotatable bonds is 6. The minimum Gasteiger partial charge on any atom is -0.399 e. The van der Waals surface area contributed by atoms with E-state index in [-0.39, 0.29) is 5.78 Å². The van der Waals surface area contributed by atoms with E-state index in [1.807, 2.05) is 48.5 Å². The van der Waals surface area contributed by atoms with Crippen LogP contribution in [0.15, 0.2) is 48.5 Å². The average molecular weight is 299 g/mol. The second-order valence-corrected chi connectivity index (χ2v) is 6.42. The van der Waals surface area contributed by atoms with Gasteiger partial charge < -0.3 is 5.73 Å². The fourth-order valence-electron chi connectivity index (χ4n) is 2.01. The monoisotopic (exact) mass is 299 g/mol. The van der Waals surface area contributed by atoms with Crippen molar-refractivity contribution in [2.24, 2.45) is 0 Å². The minimum absolute atomic E-state index is 0.186. The summed E-state index contributed by atoms with van der Waals surface area (Å²) in [7, 11) is 0. The molecule has 0 aliphatic rings. The van der Waals surface area contributed by atoms with E-state index < -0.39 is 0 Å². The molecule has 0 spiro atoms. The standard InChI is InChI=1S/C18H21NOS/c1-13(2)15-5-7-16(8-6-15)18(20)12-21-11-14-3-9-17(19)10-4-14/h3-10,13H,11-12,19H2,1-2H3. The Kier molecular flexibility index (Phi) is 5.45. The number of nitrogen functional groups attached to an aromatic ring is 1. The van der Waals surface area contributed by atoms with E-state index in [1.165, 1.54) is 11.1 Å². The number of Topliss-reactive ketones (excluding diaryl/α,β-unsaturated/α-hetero) is 1. The number of anilines is 1. The Labute approximate surface area is 130 Å². The molecule has 0 amide bonds. The lowest BCUT2D eigenvalue weighted by atomic mass is 10.0. The van der Waals surface area contributed by atoms with Crippen molar-refractivity contribution >= 4 is 23.2 Å². The van der Waals surface area contributed by atoms with Gasteiger partial charge in [-0.3, -0.25) is 4.79 Å². The Balaban J connectivity index is 1.85. The number of carbonyl (C=O) groups excluding carboxylic acids is 1. The molecule has 21 heavy (non-hydrogen) atoms. The molecule has 0 atom stereocenters. The Hall–Kier alpha value is -1.74. The van der Waals surface area contributed by atoms with Crippen LogP contribution in [0, 0.1) is 0 Å². The van der Waals surface area contributed by atoms with E-state index in [0.717, 1.165) is 17.0 Å². The zero-order chi connectivity index (χ0) is 15.2. The van der Waals surface area contributed by atoms with Crippen LogP contribution >= 0.6 is 11.8 Å². The lowest BCUT2D eigenvalue weighted by Crippen LogP contribution is -2.03. The second kappa shape index (κ2) is 7.32. The van der Waals surface area contributed by atoms with Crippen molar-refractivity contribution in [3.63, 3.8) is 0 Å². The molecule has 0 bridgehead atoms. The summed E-state index contributed by atoms with van der Waals surface area (Å²) < 4.78 is 0. The van der Waals surface area contributed by atoms with E-state index in [9.17, 15) is 4.79 Å². The van der Waals surface area contributed by atoms with Gasteiger partial charge in [0.15, 0.2) is 5.78 Å². The van der Waals surface area contributed by atoms with Gasteiger partial charge in [-0.15, -0.1) is 11.8 Å². The predicted octanol–water partition coefficient (Wildman–Crippen LogP) is 4.51. The van der Waals surface area contributed by atoms with Gasteiger partial charge in [-0.1, -0.05) is 50.2 Å². The largest absolute Gasteiger partial charge is 0.399 e. The van der Waals surface area contributed by atoms with Crippen molar-refractivity contribution in [3.05, 3.63) is 65.2 Å². The molecule has 110 valence electrons. The van der Waals surface area contributed by atoms with Gasteiger partial charge >= 0.3 is 0 Å². The van der Waals surface area contributed by atoms with Crippen molar-refractivity contribution in [1.29, 1.82) is 0 Å². The number of hydrogen-bond acceptors (Lipinski definition) is 3. The molecule has 0 heterocycles. The molecule has 0 saturated heterocycles. The van der Waals surface area contributed by atoms with Crippen LogP contribution in [0.3, 0.4) is 0 Å². The number of ketones is 1. The fourth-order valence-corrected chi connectivity index (χ4v) is 2.89. The van der Waals surface area contributed by atoms with Gasteiger partial charge in [0.2, 0.25) is 0 Å². The van der Waals surface area contributed by atoms with Crippen LogP contribution in [0.2, 0.25) is 0 Å². The van der Waals surface area contributed by atoms with E-state index in [4.69, 9.17) is 5.73 Å². The van der Waals surface area contributed by atoms with Gasteiger partial charge in [0.05, 0.1) is 5.75 Å². The SMILES string of the molecule is CC(C)c1ccc(C(=O)CSCc2ccc(N)cc2)cc1. The molecular formula is C18H21NOS. The topological polar surface area (TPSA) is 43.1 Å². The van der Waals surface area contributed by atoms with Crippen molar-refractivity contribution in [2.75, 3.05) is 11.5 Å². The maximum Gasteiger partial charge on any atom is 0.172 e. The highest BCUT2D eigenvalue weighted by Crippen LogP contribution is 2.18. The molecule has 0 radical (unpaired) electrons. The molecular weight excluding hydrogens is 278 g/mol. The highest BCUT2D eigenvalue weighted by atomic mass is 32.2. The summed E-state index contributed by atoms with van der Waals surface area (Å²) in [6, 6.07) is 15.7. The summed E-state index contributed by atoms with van der Waals surface area (Å²) >= 11 is 1.64. The number of hydrogen-bond donors (Lipinski definition) is 1. The lowest BCUT2D eigenvalue weighted by molar-refractivity contribution is 0.102. The minimum atomic E-state index is 0.186. The van der Waals surface area contributed by atoms with Crippen molar-refractivity contribution in [2.45, 2.75) is 25.5 Å². The molecule has 0 aliphatic carbocycles. The molecule has 2 rings (SSSR count). The maximum atomic E-state index is 12.1. The third-order valence-corrected chi connectivity index (χ3v) is 4.38. The quantitative estimate of drug-likeness (QED) is 0.630. The molecule has 2 nitrogen and oxygen atoms in total. The number of carbonyl (C=O) groups is 1. The molecule has 0 saturated carbocycles. The highest BCUT2D eigenvalue weighted by Gasteiger charge is 2.07. The van der Waals surface area contributed by atoms with Crippen LogP contribution in [0.25, 0.3) is 0 Å². The van der Waals surface area contributed by atoms with E-state index in [0.29, 0.717) is 11.7 Å². The molecule has 0 unspecified atom stereocenters. The van der Waals surface area contributed by atoms with E-state index in [2.05, 4.69) is 13.8 Å². The molecule has 0 fully saturated rings. The average Bonchev–Trinajstić information content (AvgIpc) is 2.49. The first-order chi connectivity index (χ1) is 10.1. The zero-order valence-electron chi connectivity index (χ0n) is 12.5. The maximum absolute atomic E-state index is 12.1. The first-order valence-corrected chi connectivity index (χ1v) is 8.27. The van der Waals surface area contributed by atoms with E-state index in [1.54, 1.807) is 11.8 Å². The molecule has 2 aromatic carbocycles. The van der Waals surface area contributed by atoms with Crippen LogP contribution in [0.5, 0.6) is 0 Å². The smallest absolute Gasteiger partial charge is 0.172 e. The summed E-state index contributed by atoms with van der Waals surface area (Å²) in [5, 5.41) is 0. The van der Waals surface area contributed by atoms with Gasteiger partial charge in [0.1, 0.15) is 0 Å². The number of thioether (sulfide) groups is 1. The number of nitrogens with two attached hydrogens (primary N) is 1. The third-order valence-electron chi connectivity index (χ3n) is 3.38. The van der Waals surface area contributed by atoms with Gasteiger partial charge in [-0.25, -0.2) is 0 Å². The van der Waals surface area contributed by atoms with Crippen LogP contribution in [-0.2, 0) is 5.75 Å². The van der Waals surface area contributed by atoms with Gasteiger partial charge in [0, 0.05) is 17.0 Å². The third kappa shape index (κ3) is 4.64. The number of benzene rings is 2. The molecule has 0 aromatic heterocycles. The van der Waals surface area contributed by atoms with Gasteiger partial charge in [0.25, 0.3) is 0 Å². The molecule has 3 heteroatoms.